The van der Waals surface area contributed by atoms with Gasteiger partial charge in [0, 0.05) is 15.6 Å². The molecule has 0 aliphatic carbocycles. The van der Waals surface area contributed by atoms with Crippen molar-refractivity contribution in [3.63, 3.8) is 0 Å². The topological polar surface area (TPSA) is 59.8 Å². The summed E-state index contributed by atoms with van der Waals surface area (Å²) in [7, 11) is 0. The van der Waals surface area contributed by atoms with Gasteiger partial charge in [0.1, 0.15) is 0 Å². The van der Waals surface area contributed by atoms with Crippen LogP contribution in [0.5, 0.6) is 0 Å². The van der Waals surface area contributed by atoms with Crippen LogP contribution in [0.3, 0.4) is 0 Å². The quantitative estimate of drug-likeness (QED) is 0.383. The third-order valence-corrected chi connectivity index (χ3v) is 5.38. The van der Waals surface area contributed by atoms with Gasteiger partial charge >= 0.3 is 0 Å². The van der Waals surface area contributed by atoms with Gasteiger partial charge in [-0.05, 0) is 42.8 Å². The summed E-state index contributed by atoms with van der Waals surface area (Å²) in [5, 5.41) is 8.56. The number of carbonyl (C=O) groups excluding carboxylic acids is 1. The molecular formula is C22H15Cl3N4O. The fourth-order valence-electron chi connectivity index (χ4n) is 2.84. The molecule has 1 amide bonds. The first-order valence-corrected chi connectivity index (χ1v) is 10.1. The first-order chi connectivity index (χ1) is 14.4. The molecule has 1 N–H and O–H groups in total. The van der Waals surface area contributed by atoms with E-state index in [1.165, 1.54) is 0 Å². The van der Waals surface area contributed by atoms with E-state index in [0.29, 0.717) is 32.3 Å². The van der Waals surface area contributed by atoms with Crippen molar-refractivity contribution in [3.8, 4) is 17.1 Å². The second-order valence-electron chi connectivity index (χ2n) is 6.55. The molecule has 8 heteroatoms. The molecule has 0 spiro atoms. The fraction of sp³-hybridized carbons (Fsp3) is 0.0455. The molecule has 0 unspecified atom stereocenters. The Morgan fingerprint density at radius 3 is 2.40 bits per heavy atom. The largest absolute Gasteiger partial charge is 0.318 e. The molecule has 0 aliphatic rings. The summed E-state index contributed by atoms with van der Waals surface area (Å²) in [5.41, 5.74) is 2.87. The van der Waals surface area contributed by atoms with E-state index >= 15 is 0 Å². The summed E-state index contributed by atoms with van der Waals surface area (Å²) in [6, 6.07) is 19.8. The van der Waals surface area contributed by atoms with Crippen molar-refractivity contribution < 1.29 is 4.79 Å². The standard InChI is InChI=1S/C22H15Cl3N4O/c1-13-7-9-16(12-17(13)24)29-21(14-5-3-2-4-6-14)27-20(28-29)22(30)26-19-10-8-15(23)11-18(19)25/h2-12H,1H3,(H,26,30). The summed E-state index contributed by atoms with van der Waals surface area (Å²) in [6.07, 6.45) is 0. The SMILES string of the molecule is Cc1ccc(-n2nc(C(=O)Nc3ccc(Cl)cc3Cl)nc2-c2ccccc2)cc1Cl. The Balaban J connectivity index is 1.76. The third-order valence-electron chi connectivity index (χ3n) is 4.42. The maximum Gasteiger partial charge on any atom is 0.295 e. The number of carbonyl (C=O) groups is 1. The van der Waals surface area contributed by atoms with Crippen molar-refractivity contribution in [3.05, 3.63) is 93.2 Å². The molecule has 0 atom stereocenters. The fourth-order valence-corrected chi connectivity index (χ4v) is 3.48. The average Bonchev–Trinajstić information content (AvgIpc) is 3.18. The number of nitrogens with zero attached hydrogens (tertiary/aromatic N) is 3. The maximum atomic E-state index is 12.8. The molecule has 5 nitrogen and oxygen atoms in total. The Labute approximate surface area is 188 Å². The highest BCUT2D eigenvalue weighted by molar-refractivity contribution is 6.36. The molecule has 150 valence electrons. The highest BCUT2D eigenvalue weighted by Gasteiger charge is 2.20. The second kappa shape index (κ2) is 8.48. The lowest BCUT2D eigenvalue weighted by Gasteiger charge is -2.07. The van der Waals surface area contributed by atoms with Crippen molar-refractivity contribution in [2.75, 3.05) is 5.32 Å². The van der Waals surface area contributed by atoms with E-state index in [1.807, 2.05) is 49.4 Å². The predicted octanol–water partition coefficient (Wildman–Crippen LogP) is 6.46. The van der Waals surface area contributed by atoms with Gasteiger partial charge in [0.15, 0.2) is 5.82 Å². The number of halogens is 3. The molecule has 0 fully saturated rings. The summed E-state index contributed by atoms with van der Waals surface area (Å²) in [4.78, 5) is 17.3. The lowest BCUT2D eigenvalue weighted by Crippen LogP contribution is -2.14. The van der Waals surface area contributed by atoms with Crippen molar-refractivity contribution in [1.29, 1.82) is 0 Å². The van der Waals surface area contributed by atoms with E-state index in [2.05, 4.69) is 15.4 Å². The second-order valence-corrected chi connectivity index (χ2v) is 7.80. The summed E-state index contributed by atoms with van der Waals surface area (Å²) < 4.78 is 1.60. The minimum atomic E-state index is -0.492. The summed E-state index contributed by atoms with van der Waals surface area (Å²) >= 11 is 18.4. The van der Waals surface area contributed by atoms with Gasteiger partial charge in [-0.2, -0.15) is 0 Å². The number of benzene rings is 3. The predicted molar refractivity (Wildman–Crippen MR) is 121 cm³/mol. The normalized spacial score (nSPS) is 10.8. The van der Waals surface area contributed by atoms with Gasteiger partial charge in [-0.25, -0.2) is 9.67 Å². The number of aryl methyl sites for hydroxylation is 1. The molecule has 30 heavy (non-hydrogen) atoms. The van der Waals surface area contributed by atoms with Crippen LogP contribution in [0.4, 0.5) is 5.69 Å². The van der Waals surface area contributed by atoms with Gasteiger partial charge in [-0.15, -0.1) is 5.10 Å². The van der Waals surface area contributed by atoms with E-state index < -0.39 is 5.91 Å². The lowest BCUT2D eigenvalue weighted by molar-refractivity contribution is 0.101. The minimum Gasteiger partial charge on any atom is -0.318 e. The number of hydrogen-bond donors (Lipinski definition) is 1. The lowest BCUT2D eigenvalue weighted by atomic mass is 10.2. The molecule has 3 aromatic carbocycles. The number of amides is 1. The first kappa shape index (κ1) is 20.4. The van der Waals surface area contributed by atoms with Crippen LogP contribution in [0.15, 0.2) is 66.7 Å². The molecule has 0 radical (unpaired) electrons. The highest BCUT2D eigenvalue weighted by atomic mass is 35.5. The van der Waals surface area contributed by atoms with Crippen LogP contribution in [0.2, 0.25) is 15.1 Å². The molecular weight excluding hydrogens is 443 g/mol. The molecule has 4 rings (SSSR count). The zero-order chi connectivity index (χ0) is 21.3. The molecule has 0 saturated heterocycles. The van der Waals surface area contributed by atoms with E-state index in [9.17, 15) is 4.79 Å². The molecule has 0 aliphatic heterocycles. The minimum absolute atomic E-state index is 0.00318. The zero-order valence-corrected chi connectivity index (χ0v) is 18.0. The van der Waals surface area contributed by atoms with Crippen molar-refractivity contribution in [1.82, 2.24) is 14.8 Å². The van der Waals surface area contributed by atoms with Gasteiger partial charge in [-0.3, -0.25) is 4.79 Å². The first-order valence-electron chi connectivity index (χ1n) is 8.98. The van der Waals surface area contributed by atoms with E-state index in [4.69, 9.17) is 34.8 Å². The van der Waals surface area contributed by atoms with Crippen LogP contribution in [0.1, 0.15) is 16.2 Å². The van der Waals surface area contributed by atoms with Crippen molar-refractivity contribution in [2.24, 2.45) is 0 Å². The molecule has 0 saturated carbocycles. The highest BCUT2D eigenvalue weighted by Crippen LogP contribution is 2.27. The third kappa shape index (κ3) is 4.19. The van der Waals surface area contributed by atoms with Crippen LogP contribution >= 0.6 is 34.8 Å². The Morgan fingerprint density at radius 2 is 1.70 bits per heavy atom. The molecule has 4 aromatic rings. The zero-order valence-electron chi connectivity index (χ0n) is 15.7. The van der Waals surface area contributed by atoms with Gasteiger partial charge in [0.2, 0.25) is 5.82 Å². The number of hydrogen-bond acceptors (Lipinski definition) is 3. The average molecular weight is 458 g/mol. The van der Waals surface area contributed by atoms with E-state index in [0.717, 1.165) is 11.1 Å². The maximum absolute atomic E-state index is 12.8. The van der Waals surface area contributed by atoms with Crippen LogP contribution in [0, 0.1) is 6.92 Å². The number of aromatic nitrogens is 3. The molecule has 1 aromatic heterocycles. The van der Waals surface area contributed by atoms with Gasteiger partial charge in [0.05, 0.1) is 16.4 Å². The number of anilines is 1. The van der Waals surface area contributed by atoms with Crippen LogP contribution in [0.25, 0.3) is 17.1 Å². The summed E-state index contributed by atoms with van der Waals surface area (Å²) in [5.74, 6) is 0.0211. The van der Waals surface area contributed by atoms with Crippen LogP contribution in [-0.2, 0) is 0 Å². The Morgan fingerprint density at radius 1 is 0.933 bits per heavy atom. The Hall–Kier alpha value is -2.86. The smallest absolute Gasteiger partial charge is 0.295 e. The molecule has 1 heterocycles. The monoisotopic (exact) mass is 456 g/mol. The van der Waals surface area contributed by atoms with Crippen LogP contribution in [-0.4, -0.2) is 20.7 Å². The van der Waals surface area contributed by atoms with Crippen molar-refractivity contribution in [2.45, 2.75) is 6.92 Å². The van der Waals surface area contributed by atoms with Gasteiger partial charge in [-0.1, -0.05) is 71.2 Å². The van der Waals surface area contributed by atoms with E-state index in [-0.39, 0.29) is 5.82 Å². The van der Waals surface area contributed by atoms with E-state index in [1.54, 1.807) is 28.9 Å². The van der Waals surface area contributed by atoms with Crippen LogP contribution < -0.4 is 5.32 Å². The van der Waals surface area contributed by atoms with Gasteiger partial charge in [0.25, 0.3) is 5.91 Å². The van der Waals surface area contributed by atoms with Crippen molar-refractivity contribution >= 4 is 46.4 Å². The van der Waals surface area contributed by atoms with Gasteiger partial charge < -0.3 is 5.32 Å². The Kier molecular flexibility index (Phi) is 5.77. The number of nitrogens with one attached hydrogen (secondary N) is 1. The molecule has 0 bridgehead atoms. The number of rotatable bonds is 4. The Bertz CT molecular complexity index is 1240. The summed E-state index contributed by atoms with van der Waals surface area (Å²) in [6.45, 7) is 1.92.